The molecule has 96 valence electrons. The van der Waals surface area contributed by atoms with E-state index in [1.54, 1.807) is 0 Å². The van der Waals surface area contributed by atoms with Crippen LogP contribution in [-0.4, -0.2) is 59.9 Å². The van der Waals surface area contributed by atoms with E-state index in [4.69, 9.17) is 14.9 Å². The van der Waals surface area contributed by atoms with Crippen molar-refractivity contribution in [3.8, 4) is 0 Å². The number of carboxylic acid groups (broad SMARTS) is 2. The molecule has 0 aromatic rings. The molecule has 2 N–H and O–H groups in total. The van der Waals surface area contributed by atoms with Crippen LogP contribution in [0.5, 0.6) is 0 Å². The molecule has 0 radical (unpaired) electrons. The molecule has 0 bridgehead atoms. The molecular formula is C11H17NO5. The molecule has 1 fully saturated rings. The van der Waals surface area contributed by atoms with Crippen molar-refractivity contribution in [1.29, 1.82) is 0 Å². The summed E-state index contributed by atoms with van der Waals surface area (Å²) in [4.78, 5) is 23.8. The van der Waals surface area contributed by atoms with Crippen LogP contribution in [0.1, 0.15) is 13.3 Å². The summed E-state index contributed by atoms with van der Waals surface area (Å²) in [6, 6.07) is 0. The van der Waals surface area contributed by atoms with Crippen molar-refractivity contribution < 1.29 is 24.5 Å². The second-order valence-corrected chi connectivity index (χ2v) is 3.92. The molecule has 0 spiro atoms. The number of ether oxygens (including phenoxy) is 1. The zero-order valence-electron chi connectivity index (χ0n) is 9.81. The minimum absolute atomic E-state index is 0.0241. The van der Waals surface area contributed by atoms with E-state index in [-0.39, 0.29) is 17.6 Å². The third-order valence-corrected chi connectivity index (χ3v) is 2.81. The van der Waals surface area contributed by atoms with Crippen LogP contribution in [0.15, 0.2) is 11.1 Å². The maximum Gasteiger partial charge on any atom is 0.332 e. The number of morpholine rings is 1. The van der Waals surface area contributed by atoms with Crippen LogP contribution in [0, 0.1) is 0 Å². The van der Waals surface area contributed by atoms with Crippen LogP contribution in [0.25, 0.3) is 0 Å². The molecule has 0 aromatic carbocycles. The van der Waals surface area contributed by atoms with Crippen molar-refractivity contribution in [3.05, 3.63) is 11.1 Å². The lowest BCUT2D eigenvalue weighted by atomic mass is 10.1. The standard InChI is InChI=1S/C11H17NO5/c1-8(10(13)14)9(11(15)16)2-3-12-4-6-17-7-5-12/h2-7H2,1H3,(H,13,14)(H,15,16)/b9-8+. The van der Waals surface area contributed by atoms with E-state index in [2.05, 4.69) is 4.90 Å². The summed E-state index contributed by atoms with van der Waals surface area (Å²) in [6.45, 7) is 4.69. The summed E-state index contributed by atoms with van der Waals surface area (Å²) >= 11 is 0. The lowest BCUT2D eigenvalue weighted by molar-refractivity contribution is -0.136. The number of hydrogen-bond donors (Lipinski definition) is 2. The van der Waals surface area contributed by atoms with Crippen molar-refractivity contribution in [2.24, 2.45) is 0 Å². The highest BCUT2D eigenvalue weighted by Crippen LogP contribution is 2.11. The second-order valence-electron chi connectivity index (χ2n) is 3.92. The number of nitrogens with zero attached hydrogens (tertiary/aromatic N) is 1. The Bertz CT molecular complexity index is 331. The summed E-state index contributed by atoms with van der Waals surface area (Å²) in [5, 5.41) is 17.7. The number of hydrogen-bond acceptors (Lipinski definition) is 4. The summed E-state index contributed by atoms with van der Waals surface area (Å²) in [6.07, 6.45) is 0.244. The quantitative estimate of drug-likeness (QED) is 0.670. The first-order valence-electron chi connectivity index (χ1n) is 5.49. The number of rotatable bonds is 5. The topological polar surface area (TPSA) is 87.1 Å². The fourth-order valence-electron chi connectivity index (χ4n) is 1.68. The zero-order valence-corrected chi connectivity index (χ0v) is 9.81. The molecule has 0 unspecified atom stereocenters. The Morgan fingerprint density at radius 3 is 2.24 bits per heavy atom. The van der Waals surface area contributed by atoms with Gasteiger partial charge >= 0.3 is 11.9 Å². The van der Waals surface area contributed by atoms with Gasteiger partial charge in [-0.15, -0.1) is 0 Å². The molecule has 6 heteroatoms. The van der Waals surface area contributed by atoms with Gasteiger partial charge in [0.2, 0.25) is 0 Å². The van der Waals surface area contributed by atoms with Gasteiger partial charge in [0, 0.05) is 30.8 Å². The van der Waals surface area contributed by atoms with Gasteiger partial charge in [0.05, 0.1) is 13.2 Å². The SMILES string of the molecule is C/C(C(=O)O)=C(/CCN1CCOCC1)C(=O)O. The van der Waals surface area contributed by atoms with Gasteiger partial charge in [-0.1, -0.05) is 0 Å². The van der Waals surface area contributed by atoms with Crippen LogP contribution in [0.3, 0.4) is 0 Å². The highest BCUT2D eigenvalue weighted by molar-refractivity contribution is 5.98. The maximum atomic E-state index is 11.0. The zero-order chi connectivity index (χ0) is 12.8. The van der Waals surface area contributed by atoms with E-state index in [9.17, 15) is 9.59 Å². The molecule has 17 heavy (non-hydrogen) atoms. The highest BCUT2D eigenvalue weighted by Gasteiger charge is 2.18. The number of carboxylic acids is 2. The van der Waals surface area contributed by atoms with Crippen LogP contribution in [0.2, 0.25) is 0 Å². The van der Waals surface area contributed by atoms with Crippen molar-refractivity contribution in [2.45, 2.75) is 13.3 Å². The van der Waals surface area contributed by atoms with E-state index in [1.807, 2.05) is 0 Å². The molecule has 1 saturated heterocycles. The first-order valence-corrected chi connectivity index (χ1v) is 5.49. The Kier molecular flexibility index (Phi) is 5.11. The van der Waals surface area contributed by atoms with Crippen LogP contribution in [-0.2, 0) is 14.3 Å². The van der Waals surface area contributed by atoms with Gasteiger partial charge in [-0.25, -0.2) is 9.59 Å². The van der Waals surface area contributed by atoms with Gasteiger partial charge in [-0.2, -0.15) is 0 Å². The molecule has 0 atom stereocenters. The molecule has 0 aliphatic carbocycles. The van der Waals surface area contributed by atoms with Crippen molar-refractivity contribution in [2.75, 3.05) is 32.8 Å². The molecule has 1 rings (SSSR count). The minimum atomic E-state index is -1.18. The van der Waals surface area contributed by atoms with Crippen LogP contribution in [0.4, 0.5) is 0 Å². The second kappa shape index (κ2) is 6.36. The normalized spacial score (nSPS) is 18.6. The molecule has 1 aliphatic heterocycles. The van der Waals surface area contributed by atoms with Crippen molar-refractivity contribution in [1.82, 2.24) is 4.90 Å². The smallest absolute Gasteiger partial charge is 0.332 e. The van der Waals surface area contributed by atoms with E-state index in [1.165, 1.54) is 6.92 Å². The lowest BCUT2D eigenvalue weighted by Crippen LogP contribution is -2.37. The Balaban J connectivity index is 2.59. The Hall–Kier alpha value is -1.40. The Morgan fingerprint density at radius 2 is 1.76 bits per heavy atom. The average Bonchev–Trinajstić information content (AvgIpc) is 2.29. The summed E-state index contributed by atoms with van der Waals surface area (Å²) in [5.41, 5.74) is -0.116. The predicted octanol–water partition coefficient (Wildman–Crippen LogP) is 0.194. The first kappa shape index (κ1) is 13.7. The highest BCUT2D eigenvalue weighted by atomic mass is 16.5. The van der Waals surface area contributed by atoms with Crippen LogP contribution >= 0.6 is 0 Å². The molecule has 1 aliphatic rings. The molecule has 0 saturated carbocycles. The van der Waals surface area contributed by atoms with Crippen molar-refractivity contribution in [3.63, 3.8) is 0 Å². The fraction of sp³-hybridized carbons (Fsp3) is 0.636. The first-order chi connectivity index (χ1) is 8.02. The maximum absolute atomic E-state index is 11.0. The third kappa shape index (κ3) is 4.16. The van der Waals surface area contributed by atoms with Gasteiger partial charge in [0.15, 0.2) is 0 Å². The monoisotopic (exact) mass is 243 g/mol. The van der Waals surface area contributed by atoms with Gasteiger partial charge in [-0.3, -0.25) is 4.90 Å². The fourth-order valence-corrected chi connectivity index (χ4v) is 1.68. The third-order valence-electron chi connectivity index (χ3n) is 2.81. The van der Waals surface area contributed by atoms with Crippen LogP contribution < -0.4 is 0 Å². The van der Waals surface area contributed by atoms with E-state index in [0.717, 1.165) is 13.1 Å². The summed E-state index contributed by atoms with van der Waals surface area (Å²) < 4.78 is 5.18. The summed E-state index contributed by atoms with van der Waals surface area (Å²) in [7, 11) is 0. The largest absolute Gasteiger partial charge is 0.478 e. The van der Waals surface area contributed by atoms with Gasteiger partial charge < -0.3 is 14.9 Å². The van der Waals surface area contributed by atoms with Crippen molar-refractivity contribution >= 4 is 11.9 Å². The minimum Gasteiger partial charge on any atom is -0.478 e. The van der Waals surface area contributed by atoms with E-state index >= 15 is 0 Å². The van der Waals surface area contributed by atoms with Gasteiger partial charge in [0.25, 0.3) is 0 Å². The average molecular weight is 243 g/mol. The number of carbonyl (C=O) groups is 2. The molecule has 0 aromatic heterocycles. The predicted molar refractivity (Wildman–Crippen MR) is 59.8 cm³/mol. The Labute approximate surface area is 99.5 Å². The molecule has 1 heterocycles. The van der Waals surface area contributed by atoms with Gasteiger partial charge in [0.1, 0.15) is 0 Å². The van der Waals surface area contributed by atoms with E-state index < -0.39 is 11.9 Å². The molecule has 0 amide bonds. The number of aliphatic carboxylic acids is 2. The lowest BCUT2D eigenvalue weighted by Gasteiger charge is -2.26. The van der Waals surface area contributed by atoms with E-state index in [0.29, 0.717) is 19.8 Å². The van der Waals surface area contributed by atoms with Gasteiger partial charge in [-0.05, 0) is 13.3 Å². The molecule has 6 nitrogen and oxygen atoms in total. The summed E-state index contributed by atoms with van der Waals surface area (Å²) in [5.74, 6) is -2.33. The molecular weight excluding hydrogens is 226 g/mol. The Morgan fingerprint density at radius 1 is 1.18 bits per heavy atom.